The second kappa shape index (κ2) is 1.44. The Labute approximate surface area is 36.2 Å². The summed E-state index contributed by atoms with van der Waals surface area (Å²) in [6, 6.07) is 0. The van der Waals surface area contributed by atoms with Gasteiger partial charge in [0.05, 0.1) is 0 Å². The smallest absolute Gasteiger partial charge is 0 e. The van der Waals surface area contributed by atoms with Crippen LogP contribution < -0.4 is 0 Å². The van der Waals surface area contributed by atoms with Crippen molar-refractivity contribution in [2.24, 2.45) is 0 Å². The van der Waals surface area contributed by atoms with E-state index in [9.17, 15) is 0 Å². The van der Waals surface area contributed by atoms with E-state index < -0.39 is 0 Å². The van der Waals surface area contributed by atoms with Crippen LogP contribution in [0.1, 0.15) is 35.0 Å². The zero-order valence-electron chi connectivity index (χ0n) is 3.54. The lowest BCUT2D eigenvalue weighted by Gasteiger charge is -1.67. The average Bonchev–Trinajstić information content (AvgIpc) is 1.76. The van der Waals surface area contributed by atoms with Crippen LogP contribution in [0.15, 0.2) is 0 Å². The van der Waals surface area contributed by atoms with Gasteiger partial charge in [0, 0.05) is 2.85 Å². The molecule has 1 rings (SSSR count). The first-order valence-electron chi connectivity index (χ1n) is 2.50. The molecule has 1 fully saturated rings. The van der Waals surface area contributed by atoms with Crippen LogP contribution in [0.25, 0.3) is 0 Å². The maximum absolute atomic E-state index is 1.50. The topological polar surface area (TPSA) is 0 Å². The van der Waals surface area contributed by atoms with Crippen molar-refractivity contribution in [1.29, 1.82) is 0 Å². The summed E-state index contributed by atoms with van der Waals surface area (Å²) >= 11 is 0. The summed E-state index contributed by atoms with van der Waals surface area (Å²) in [5.41, 5.74) is 0. The SMILES string of the molecule is C1CCCC1.[HH].[HH]. The lowest BCUT2D eigenvalue weighted by atomic mass is 10.4. The van der Waals surface area contributed by atoms with Gasteiger partial charge in [-0.05, 0) is 0 Å². The third-order valence-electron chi connectivity index (χ3n) is 1.25. The second-order valence-corrected chi connectivity index (χ2v) is 1.77. The first-order valence-corrected chi connectivity index (χ1v) is 2.50. The van der Waals surface area contributed by atoms with Gasteiger partial charge in [-0.15, -0.1) is 0 Å². The molecule has 0 N–H and O–H groups in total. The molecule has 0 unspecified atom stereocenters. The minimum atomic E-state index is 0. The molecule has 0 aromatic carbocycles. The standard InChI is InChI=1S/C5H10.2H2/c1-2-4-5-3-1;;/h1-5H2;2*1H. The lowest BCUT2D eigenvalue weighted by molar-refractivity contribution is 0.886. The van der Waals surface area contributed by atoms with Crippen LogP contribution in [0.3, 0.4) is 0 Å². The van der Waals surface area contributed by atoms with Crippen LogP contribution in [0.4, 0.5) is 0 Å². The Balaban J connectivity index is 0. The van der Waals surface area contributed by atoms with Gasteiger partial charge in [-0.2, -0.15) is 0 Å². The molecule has 1 aliphatic rings. The maximum Gasteiger partial charge on any atom is 0 e. The van der Waals surface area contributed by atoms with Crippen molar-refractivity contribution in [2.45, 2.75) is 32.1 Å². The molecule has 0 radical (unpaired) electrons. The molecule has 0 amide bonds. The molecule has 0 atom stereocenters. The fourth-order valence-electron chi connectivity index (χ4n) is 0.884. The number of hydrogen-bond donors (Lipinski definition) is 0. The molecule has 0 aliphatic heterocycles. The second-order valence-electron chi connectivity index (χ2n) is 1.77. The molecule has 0 heterocycles. The van der Waals surface area contributed by atoms with Crippen LogP contribution in [0, 0.1) is 0 Å². The van der Waals surface area contributed by atoms with E-state index in [1.807, 2.05) is 0 Å². The van der Waals surface area contributed by atoms with Gasteiger partial charge in [0.1, 0.15) is 0 Å². The van der Waals surface area contributed by atoms with Crippen molar-refractivity contribution in [3.63, 3.8) is 0 Å². The van der Waals surface area contributed by atoms with Crippen molar-refractivity contribution < 1.29 is 2.85 Å². The quantitative estimate of drug-likeness (QED) is 0.414. The van der Waals surface area contributed by atoms with Gasteiger partial charge in [0.2, 0.25) is 0 Å². The van der Waals surface area contributed by atoms with E-state index in [2.05, 4.69) is 0 Å². The molecule has 0 heteroatoms. The Kier molecular flexibility index (Phi) is 0.922. The zero-order chi connectivity index (χ0) is 3.54. The molecule has 0 saturated heterocycles. The molecular formula is C5H14. The van der Waals surface area contributed by atoms with Crippen molar-refractivity contribution >= 4 is 0 Å². The molecule has 34 valence electrons. The predicted molar refractivity (Wildman–Crippen MR) is 27.3 cm³/mol. The molecule has 0 nitrogen and oxygen atoms in total. The normalized spacial score (nSPS) is 24.0. The summed E-state index contributed by atoms with van der Waals surface area (Å²) in [6.07, 6.45) is 7.50. The molecule has 1 aliphatic carbocycles. The van der Waals surface area contributed by atoms with Crippen LogP contribution in [-0.4, -0.2) is 0 Å². The highest BCUT2D eigenvalue weighted by Gasteiger charge is 1.95. The predicted octanol–water partition coefficient (Wildman–Crippen LogP) is 2.44. The Hall–Kier alpha value is 0. The van der Waals surface area contributed by atoms with Crippen LogP contribution >= 0.6 is 0 Å². The van der Waals surface area contributed by atoms with E-state index in [0.717, 1.165) is 0 Å². The summed E-state index contributed by atoms with van der Waals surface area (Å²) in [4.78, 5) is 0. The van der Waals surface area contributed by atoms with Crippen molar-refractivity contribution in [1.82, 2.24) is 0 Å². The van der Waals surface area contributed by atoms with Gasteiger partial charge < -0.3 is 0 Å². The van der Waals surface area contributed by atoms with Gasteiger partial charge in [-0.3, -0.25) is 0 Å². The van der Waals surface area contributed by atoms with E-state index in [0.29, 0.717) is 0 Å². The molecule has 5 heavy (non-hydrogen) atoms. The number of hydrogen-bond acceptors (Lipinski definition) is 0. The Bertz CT molecular complexity index is 17.7. The lowest BCUT2D eigenvalue weighted by Crippen LogP contribution is -1.47. The molecule has 0 spiro atoms. The molecule has 0 aromatic heterocycles. The van der Waals surface area contributed by atoms with Crippen LogP contribution in [0.5, 0.6) is 0 Å². The van der Waals surface area contributed by atoms with Crippen molar-refractivity contribution in [2.75, 3.05) is 0 Å². The summed E-state index contributed by atoms with van der Waals surface area (Å²) in [6.45, 7) is 0. The van der Waals surface area contributed by atoms with Gasteiger partial charge in [-0.25, -0.2) is 0 Å². The van der Waals surface area contributed by atoms with E-state index in [-0.39, 0.29) is 2.85 Å². The first-order chi connectivity index (χ1) is 2.50. The van der Waals surface area contributed by atoms with E-state index in [1.165, 1.54) is 32.1 Å². The van der Waals surface area contributed by atoms with Gasteiger partial charge in [0.15, 0.2) is 0 Å². The fourth-order valence-corrected chi connectivity index (χ4v) is 0.884. The molecule has 1 saturated carbocycles. The van der Waals surface area contributed by atoms with Crippen molar-refractivity contribution in [3.05, 3.63) is 0 Å². The van der Waals surface area contributed by atoms with Gasteiger partial charge in [-0.1, -0.05) is 32.1 Å². The third-order valence-corrected chi connectivity index (χ3v) is 1.25. The Morgan fingerprint density at radius 1 is 0.600 bits per heavy atom. The van der Waals surface area contributed by atoms with E-state index >= 15 is 0 Å². The summed E-state index contributed by atoms with van der Waals surface area (Å²) in [7, 11) is 0. The molecule has 0 bridgehead atoms. The Morgan fingerprint density at radius 2 is 0.800 bits per heavy atom. The minimum Gasteiger partial charge on any atom is -0.0533 e. The van der Waals surface area contributed by atoms with Crippen LogP contribution in [0.2, 0.25) is 0 Å². The molecular weight excluding hydrogens is 60.1 g/mol. The fraction of sp³-hybridized carbons (Fsp3) is 1.00. The minimum absolute atomic E-state index is 0. The third kappa shape index (κ3) is 0.640. The summed E-state index contributed by atoms with van der Waals surface area (Å²) in [5, 5.41) is 0. The highest BCUT2D eigenvalue weighted by molar-refractivity contribution is 4.51. The average molecular weight is 74.2 g/mol. The highest BCUT2D eigenvalue weighted by atomic mass is 14.0. The van der Waals surface area contributed by atoms with Gasteiger partial charge >= 0.3 is 0 Å². The largest absolute Gasteiger partial charge is 0.0533 e. The highest BCUT2D eigenvalue weighted by Crippen LogP contribution is 2.15. The summed E-state index contributed by atoms with van der Waals surface area (Å²) in [5.74, 6) is 0. The van der Waals surface area contributed by atoms with E-state index in [1.54, 1.807) is 0 Å². The van der Waals surface area contributed by atoms with Gasteiger partial charge in [0.25, 0.3) is 0 Å². The molecule has 0 aromatic rings. The summed E-state index contributed by atoms with van der Waals surface area (Å²) < 4.78 is 0. The first kappa shape index (κ1) is 3.20. The van der Waals surface area contributed by atoms with Crippen molar-refractivity contribution in [3.8, 4) is 0 Å². The zero-order valence-corrected chi connectivity index (χ0v) is 3.54. The Morgan fingerprint density at radius 3 is 1.00 bits per heavy atom. The van der Waals surface area contributed by atoms with Crippen LogP contribution in [-0.2, 0) is 0 Å². The number of rotatable bonds is 0. The monoisotopic (exact) mass is 74.1 g/mol. The van der Waals surface area contributed by atoms with E-state index in [4.69, 9.17) is 0 Å². The maximum atomic E-state index is 1.50.